The summed E-state index contributed by atoms with van der Waals surface area (Å²) in [5, 5.41) is 4.24. The third kappa shape index (κ3) is 3.35. The monoisotopic (exact) mass is 278 g/mol. The van der Waals surface area contributed by atoms with Crippen molar-refractivity contribution in [3.8, 4) is 0 Å². The van der Waals surface area contributed by atoms with E-state index in [1.807, 2.05) is 0 Å². The first-order valence-corrected chi connectivity index (χ1v) is 7.27. The third-order valence-corrected chi connectivity index (χ3v) is 3.93. The minimum absolute atomic E-state index is 0.192. The summed E-state index contributed by atoms with van der Waals surface area (Å²) in [6.07, 6.45) is 8.43. The van der Waals surface area contributed by atoms with Crippen LogP contribution >= 0.6 is 12.2 Å². The van der Waals surface area contributed by atoms with Crippen LogP contribution < -0.4 is 11.2 Å². The van der Waals surface area contributed by atoms with Crippen LogP contribution in [-0.4, -0.2) is 15.9 Å². The highest BCUT2D eigenvalue weighted by atomic mass is 32.1. The van der Waals surface area contributed by atoms with E-state index < -0.39 is 0 Å². The average Bonchev–Trinajstić information content (AvgIpc) is 2.65. The van der Waals surface area contributed by atoms with Crippen LogP contribution in [0.2, 0.25) is 0 Å². The molecule has 19 heavy (non-hydrogen) atoms. The number of nitrogens with zero attached hydrogens (tertiary/aromatic N) is 2. The van der Waals surface area contributed by atoms with Gasteiger partial charge in [0.05, 0.1) is 6.21 Å². The van der Waals surface area contributed by atoms with Crippen molar-refractivity contribution in [1.29, 1.82) is 0 Å². The lowest BCUT2D eigenvalue weighted by molar-refractivity contribution is 0.346. The predicted molar refractivity (Wildman–Crippen MR) is 83.5 cm³/mol. The number of hydrogen-bond donors (Lipinski definition) is 2. The number of nitrogens with two attached hydrogens (primary N) is 1. The molecule has 5 heteroatoms. The number of nitrogens with one attached hydrogen (secondary N) is 1. The van der Waals surface area contributed by atoms with Gasteiger partial charge in [-0.25, -0.2) is 0 Å². The molecule has 1 aromatic heterocycles. The highest BCUT2D eigenvalue weighted by Gasteiger charge is 2.19. The predicted octanol–water partition coefficient (Wildman–Crippen LogP) is 2.78. The van der Waals surface area contributed by atoms with Crippen molar-refractivity contribution in [1.82, 2.24) is 9.99 Å². The van der Waals surface area contributed by atoms with Gasteiger partial charge in [0.15, 0.2) is 5.11 Å². The number of thiocarbonyl (C=S) groups is 1. The second-order valence-electron chi connectivity index (χ2n) is 5.22. The molecule has 0 spiro atoms. The van der Waals surface area contributed by atoms with Gasteiger partial charge in [-0.2, -0.15) is 5.10 Å². The van der Waals surface area contributed by atoms with Crippen LogP contribution in [-0.2, 0) is 0 Å². The summed E-state index contributed by atoms with van der Waals surface area (Å²) in [6.45, 7) is 4.32. The minimum Gasteiger partial charge on any atom is -0.375 e. The molecule has 0 unspecified atom stereocenters. The summed E-state index contributed by atoms with van der Waals surface area (Å²) < 4.78 is 2.46. The fourth-order valence-electron chi connectivity index (χ4n) is 3.00. The SMILES string of the molecule is Cc1cc(/C=N\NC(N)=S)c(C)n1C1CCCCC1. The number of aryl methyl sites for hydroxylation is 1. The van der Waals surface area contributed by atoms with E-state index in [-0.39, 0.29) is 5.11 Å². The Morgan fingerprint density at radius 3 is 2.74 bits per heavy atom. The molecule has 2 rings (SSSR count). The molecule has 3 N–H and O–H groups in total. The Hall–Kier alpha value is -1.36. The Morgan fingerprint density at radius 2 is 2.11 bits per heavy atom. The summed E-state index contributed by atoms with van der Waals surface area (Å²) >= 11 is 4.72. The van der Waals surface area contributed by atoms with E-state index in [2.05, 4.69) is 35.0 Å². The Morgan fingerprint density at radius 1 is 1.42 bits per heavy atom. The number of hydrazone groups is 1. The number of aromatic nitrogens is 1. The zero-order valence-corrected chi connectivity index (χ0v) is 12.5. The van der Waals surface area contributed by atoms with Crippen molar-refractivity contribution in [2.75, 3.05) is 0 Å². The smallest absolute Gasteiger partial charge is 0.184 e. The number of hydrogen-bond acceptors (Lipinski definition) is 2. The van der Waals surface area contributed by atoms with Gasteiger partial charge < -0.3 is 10.3 Å². The molecule has 1 heterocycles. The molecule has 0 amide bonds. The Balaban J connectivity index is 2.18. The Labute approximate surface area is 120 Å². The first kappa shape index (κ1) is 14.1. The van der Waals surface area contributed by atoms with Gasteiger partial charge >= 0.3 is 0 Å². The van der Waals surface area contributed by atoms with Gasteiger partial charge in [0.25, 0.3) is 0 Å². The molecule has 104 valence electrons. The van der Waals surface area contributed by atoms with E-state index in [9.17, 15) is 0 Å². The van der Waals surface area contributed by atoms with E-state index in [0.717, 1.165) is 5.56 Å². The highest BCUT2D eigenvalue weighted by Crippen LogP contribution is 2.31. The van der Waals surface area contributed by atoms with E-state index in [0.29, 0.717) is 6.04 Å². The van der Waals surface area contributed by atoms with Crippen molar-refractivity contribution in [3.63, 3.8) is 0 Å². The quantitative estimate of drug-likeness (QED) is 0.508. The molecular formula is C14H22N4S. The number of rotatable bonds is 3. The molecule has 1 aliphatic rings. The van der Waals surface area contributed by atoms with Crippen LogP contribution in [0.3, 0.4) is 0 Å². The van der Waals surface area contributed by atoms with Gasteiger partial charge in [0, 0.05) is 23.0 Å². The average molecular weight is 278 g/mol. The molecule has 0 bridgehead atoms. The molecule has 0 aromatic carbocycles. The molecule has 1 saturated carbocycles. The summed E-state index contributed by atoms with van der Waals surface area (Å²) in [7, 11) is 0. The maximum Gasteiger partial charge on any atom is 0.184 e. The van der Waals surface area contributed by atoms with Gasteiger partial charge in [0.2, 0.25) is 0 Å². The molecular weight excluding hydrogens is 256 g/mol. The standard InChI is InChI=1S/C14H22N4S/c1-10-8-12(9-16-17-14(15)19)11(2)18(10)13-6-4-3-5-7-13/h8-9,13H,3-7H2,1-2H3,(H3,15,17,19)/b16-9-. The summed E-state index contributed by atoms with van der Waals surface area (Å²) in [4.78, 5) is 0. The lowest BCUT2D eigenvalue weighted by Gasteiger charge is -2.26. The molecule has 1 aromatic rings. The van der Waals surface area contributed by atoms with Crippen LogP contribution in [0.15, 0.2) is 11.2 Å². The normalized spacial score (nSPS) is 16.9. The van der Waals surface area contributed by atoms with Gasteiger partial charge in [-0.05, 0) is 45.0 Å². The molecule has 0 radical (unpaired) electrons. The summed E-state index contributed by atoms with van der Waals surface area (Å²) in [5.74, 6) is 0. The zero-order valence-electron chi connectivity index (χ0n) is 11.6. The largest absolute Gasteiger partial charge is 0.375 e. The van der Waals surface area contributed by atoms with Gasteiger partial charge in [-0.15, -0.1) is 0 Å². The second kappa shape index (κ2) is 6.19. The van der Waals surface area contributed by atoms with E-state index >= 15 is 0 Å². The van der Waals surface area contributed by atoms with Gasteiger partial charge in [-0.3, -0.25) is 5.43 Å². The van der Waals surface area contributed by atoms with E-state index in [4.69, 9.17) is 18.0 Å². The lowest BCUT2D eigenvalue weighted by atomic mass is 9.95. The van der Waals surface area contributed by atoms with Gasteiger partial charge in [0.1, 0.15) is 0 Å². The third-order valence-electron chi connectivity index (χ3n) is 3.84. The fraction of sp³-hybridized carbons (Fsp3) is 0.571. The van der Waals surface area contributed by atoms with Crippen molar-refractivity contribution in [2.24, 2.45) is 10.8 Å². The van der Waals surface area contributed by atoms with Crippen LogP contribution in [0, 0.1) is 13.8 Å². The van der Waals surface area contributed by atoms with Crippen molar-refractivity contribution < 1.29 is 0 Å². The van der Waals surface area contributed by atoms with Crippen molar-refractivity contribution >= 4 is 23.5 Å². The molecule has 0 saturated heterocycles. The van der Waals surface area contributed by atoms with Gasteiger partial charge in [-0.1, -0.05) is 19.3 Å². The lowest BCUT2D eigenvalue weighted by Crippen LogP contribution is -2.24. The van der Waals surface area contributed by atoms with E-state index in [1.165, 1.54) is 43.5 Å². The Kier molecular flexibility index (Phi) is 4.58. The van der Waals surface area contributed by atoms with Crippen molar-refractivity contribution in [2.45, 2.75) is 52.0 Å². The maximum atomic E-state index is 5.35. The van der Waals surface area contributed by atoms with E-state index in [1.54, 1.807) is 6.21 Å². The first-order valence-electron chi connectivity index (χ1n) is 6.86. The maximum absolute atomic E-state index is 5.35. The van der Waals surface area contributed by atoms with Crippen LogP contribution in [0.5, 0.6) is 0 Å². The fourth-order valence-corrected chi connectivity index (χ4v) is 3.05. The summed E-state index contributed by atoms with van der Waals surface area (Å²) in [5.41, 5.74) is 11.7. The molecule has 4 nitrogen and oxygen atoms in total. The minimum atomic E-state index is 0.192. The molecule has 0 atom stereocenters. The molecule has 1 aliphatic carbocycles. The second-order valence-corrected chi connectivity index (χ2v) is 5.66. The Bertz CT molecular complexity index is 484. The molecule has 0 aliphatic heterocycles. The topological polar surface area (TPSA) is 55.3 Å². The first-order chi connectivity index (χ1) is 9.09. The van der Waals surface area contributed by atoms with Crippen LogP contribution in [0.1, 0.15) is 55.1 Å². The summed E-state index contributed by atoms with van der Waals surface area (Å²) in [6, 6.07) is 2.83. The highest BCUT2D eigenvalue weighted by molar-refractivity contribution is 7.80. The van der Waals surface area contributed by atoms with Crippen LogP contribution in [0.4, 0.5) is 0 Å². The molecule has 1 fully saturated rings. The van der Waals surface area contributed by atoms with Crippen LogP contribution in [0.25, 0.3) is 0 Å². The zero-order chi connectivity index (χ0) is 13.8. The van der Waals surface area contributed by atoms with Crippen molar-refractivity contribution in [3.05, 3.63) is 23.0 Å².